The van der Waals surface area contributed by atoms with Crippen LogP contribution in [0.15, 0.2) is 142 Å². The van der Waals surface area contributed by atoms with Gasteiger partial charge in [0.05, 0.1) is 144 Å². The van der Waals surface area contributed by atoms with Gasteiger partial charge in [0.2, 0.25) is 17.8 Å². The molecular formula is C93H109Cl2N21O12S3. The van der Waals surface area contributed by atoms with Crippen LogP contribution in [0, 0.1) is 6.92 Å². The van der Waals surface area contributed by atoms with E-state index in [1.165, 1.54) is 23.5 Å². The molecule has 0 radical (unpaired) electrons. The molecule has 12 aromatic rings. The summed E-state index contributed by atoms with van der Waals surface area (Å²) in [5.74, 6) is 3.33. The first-order chi connectivity index (χ1) is 62.6. The first-order valence-corrected chi connectivity index (χ1v) is 49.1. The van der Waals surface area contributed by atoms with E-state index < -0.39 is 51.2 Å². The van der Waals surface area contributed by atoms with Gasteiger partial charge in [-0.05, 0) is 193 Å². The third-order valence-corrected chi connectivity index (χ3v) is 29.9. The van der Waals surface area contributed by atoms with Crippen LogP contribution in [-0.4, -0.2) is 207 Å². The molecule has 2 saturated heterocycles. The van der Waals surface area contributed by atoms with Gasteiger partial charge in [0.25, 0.3) is 0 Å². The van der Waals surface area contributed by atoms with Gasteiger partial charge in [-0.3, -0.25) is 25.1 Å². The molecule has 0 spiro atoms. The third-order valence-electron chi connectivity index (χ3n) is 22.7. The van der Waals surface area contributed by atoms with Crippen molar-refractivity contribution in [2.45, 2.75) is 178 Å². The third kappa shape index (κ3) is 20.9. The molecular weight excluding hydrogens is 1770 g/mol. The molecule has 0 saturated carbocycles. The van der Waals surface area contributed by atoms with E-state index in [0.29, 0.717) is 75.3 Å². The van der Waals surface area contributed by atoms with E-state index in [1.807, 2.05) is 66.7 Å². The summed E-state index contributed by atoms with van der Waals surface area (Å²) >= 11 is 12.9. The molecule has 17 rings (SSSR count). The highest BCUT2D eigenvalue weighted by atomic mass is 35.5. The van der Waals surface area contributed by atoms with Crippen LogP contribution in [0.2, 0.25) is 10.0 Å². The standard InChI is InChI=1S/C32H39ClN8O3S.C32H39N7O4S.C29H31ClN6O5S/c1-19(2)44-28-15-21-14-23-27(18-41-12-10-40(5)11-13-41)38-39-30(23)22(21)16-26(28)36-32-34-17-24(33)31(37-32)35-25-8-6-7-9-29(25)45(42,43)20(3)4;1-19(2)43-28-15-22-14-24-27(18-39-10-12-42-13-11-39)37-38-30(24)23(22)16-26(28)35-32-33-17-21(5)31(36-32)34-25-8-6-7-9-29(25)44(40,41)20(3)4;1-6-40-28(37)26-19-11-17-12-23(41-15(2)3)22(13-18(17)25(19)35-36-26)33-29-31-14-20(30)27(34-29)32-21-9-7-8-10-24(21)42(38,39)16(4)5/h6-9,15-17,19-20H,10-14,18H2,1-5H3,(H,38,39)(H2,34,35,36,37);6-9,15-17,19-20H,10-14,18H2,1-5H3,(H,37,38)(H2,33,34,35,36);7-10,12-16H,6,11H2,1-5H3,(H,35,36)(H2,31,32,33,34). The number of likely N-dealkylation sites (N-methyl/N-ethyl adjacent to an activating group) is 1. The van der Waals surface area contributed by atoms with Gasteiger partial charge in [-0.25, -0.2) is 45.0 Å². The minimum absolute atomic E-state index is 0.0415. The predicted octanol–water partition coefficient (Wildman–Crippen LogP) is 17.1. The first-order valence-electron chi connectivity index (χ1n) is 43.7. The molecule has 690 valence electrons. The Morgan fingerprint density at radius 2 is 0.802 bits per heavy atom. The number of fused-ring (bicyclic) bond motifs is 9. The van der Waals surface area contributed by atoms with Crippen LogP contribution in [0.5, 0.6) is 17.2 Å². The fourth-order valence-corrected chi connectivity index (χ4v) is 19.6. The number of esters is 1. The number of aryl methyl sites for hydroxylation is 1. The molecule has 5 aliphatic rings. The number of anilines is 12. The van der Waals surface area contributed by atoms with Gasteiger partial charge >= 0.3 is 5.97 Å². The van der Waals surface area contributed by atoms with Crippen LogP contribution >= 0.6 is 23.2 Å². The van der Waals surface area contributed by atoms with Gasteiger partial charge in [-0.2, -0.15) is 30.2 Å². The van der Waals surface area contributed by atoms with Gasteiger partial charge < -0.3 is 60.5 Å². The number of aromatic amines is 3. The lowest BCUT2D eigenvalue weighted by Gasteiger charge is -2.32. The Bertz CT molecular complexity index is 6610. The number of piperazine rings is 1. The fraction of sp³-hybridized carbons (Fsp3) is 0.376. The molecule has 33 nitrogen and oxygen atoms in total. The van der Waals surface area contributed by atoms with Crippen molar-refractivity contribution in [2.24, 2.45) is 0 Å². The quantitative estimate of drug-likeness (QED) is 0.0189. The SMILES string of the molecule is CC(C)Oc1cc2c(cc1Nc1ncc(Cl)c(Nc3ccccc3S(=O)(=O)C(C)C)n1)-c1n[nH]c(CN3CCN(C)CC3)c1C2.CCOC(=O)c1[nH]nc2c1Cc1cc(OC(C)C)c(Nc3ncc(Cl)c(Nc4ccccc4S(=O)(=O)C(C)C)n3)cc1-2.Cc1cnc(Nc2cc3c(cc2OC(C)C)Cc2c-3n[nH]c2CN2CCOCC2)nc1Nc1ccccc1S(=O)(=O)C(C)C. The summed E-state index contributed by atoms with van der Waals surface area (Å²) in [4.78, 5) is 47.4. The zero-order valence-electron chi connectivity index (χ0n) is 75.7. The topological polar surface area (TPSA) is 411 Å². The Hall–Kier alpha value is -11.9. The van der Waals surface area contributed by atoms with Crippen molar-refractivity contribution in [1.29, 1.82) is 0 Å². The second kappa shape index (κ2) is 39.7. The molecule has 8 heterocycles. The van der Waals surface area contributed by atoms with Gasteiger partial charge in [0, 0.05) is 117 Å². The zero-order chi connectivity index (χ0) is 93.1. The molecule has 0 atom stereocenters. The van der Waals surface area contributed by atoms with E-state index in [4.69, 9.17) is 62.1 Å². The summed E-state index contributed by atoms with van der Waals surface area (Å²) < 4.78 is 107. The maximum atomic E-state index is 13.0. The summed E-state index contributed by atoms with van der Waals surface area (Å²) in [7, 11) is -8.47. The molecule has 3 aliphatic carbocycles. The van der Waals surface area contributed by atoms with Crippen LogP contribution in [0.4, 0.5) is 69.4 Å². The summed E-state index contributed by atoms with van der Waals surface area (Å²) in [6.45, 7) is 34.8. The average Bonchev–Trinajstić information content (AvgIpc) is 1.61. The predicted molar refractivity (Wildman–Crippen MR) is 509 cm³/mol. The highest BCUT2D eigenvalue weighted by Crippen LogP contribution is 2.48. The number of carbonyl (C=O) groups is 1. The lowest BCUT2D eigenvalue weighted by atomic mass is 10.1. The van der Waals surface area contributed by atoms with E-state index in [9.17, 15) is 30.0 Å². The number of hydrogen-bond donors (Lipinski definition) is 9. The zero-order valence-corrected chi connectivity index (χ0v) is 79.7. The van der Waals surface area contributed by atoms with Crippen LogP contribution in [-0.2, 0) is 71.3 Å². The van der Waals surface area contributed by atoms with Crippen LogP contribution in [0.3, 0.4) is 0 Å². The molecule has 0 amide bonds. The molecule has 0 bridgehead atoms. The molecule has 9 N–H and O–H groups in total. The molecule has 6 aromatic carbocycles. The van der Waals surface area contributed by atoms with Gasteiger partial charge in [0.15, 0.2) is 41.1 Å². The van der Waals surface area contributed by atoms with E-state index in [1.54, 1.807) is 127 Å². The van der Waals surface area contributed by atoms with Gasteiger partial charge in [0.1, 0.15) is 38.8 Å². The number of H-pyrrole nitrogens is 3. The Morgan fingerprint density at radius 3 is 1.19 bits per heavy atom. The van der Waals surface area contributed by atoms with Gasteiger partial charge in [-0.15, -0.1) is 0 Å². The van der Waals surface area contributed by atoms with Crippen molar-refractivity contribution in [3.63, 3.8) is 0 Å². The number of para-hydroxylation sites is 3. The molecule has 2 aliphatic heterocycles. The molecule has 131 heavy (non-hydrogen) atoms. The molecule has 38 heteroatoms. The number of aromatic nitrogens is 12. The molecule has 2 fully saturated rings. The fourth-order valence-electron chi connectivity index (χ4n) is 15.7. The van der Waals surface area contributed by atoms with Crippen LogP contribution < -0.4 is 46.1 Å². The number of rotatable bonds is 30. The smallest absolute Gasteiger partial charge is 0.356 e. The Morgan fingerprint density at radius 1 is 0.450 bits per heavy atom. The van der Waals surface area contributed by atoms with Gasteiger partial charge in [-0.1, -0.05) is 59.6 Å². The number of nitrogens with one attached hydrogen (secondary N) is 9. The number of ether oxygens (including phenoxy) is 5. The van der Waals surface area contributed by atoms with Crippen molar-refractivity contribution in [3.8, 4) is 51.0 Å². The lowest BCUT2D eigenvalue weighted by Crippen LogP contribution is -2.44. The van der Waals surface area contributed by atoms with Crippen LogP contribution in [0.25, 0.3) is 33.8 Å². The van der Waals surface area contributed by atoms with E-state index >= 15 is 0 Å². The largest absolute Gasteiger partial charge is 0.489 e. The normalized spacial score (nSPS) is 14.3. The number of nitrogens with zero attached hydrogens (tertiary/aromatic N) is 12. The van der Waals surface area contributed by atoms with Crippen molar-refractivity contribution in [3.05, 3.63) is 194 Å². The Kier molecular flexibility index (Phi) is 28.4. The maximum Gasteiger partial charge on any atom is 0.356 e. The maximum absolute atomic E-state index is 13.0. The summed E-state index contributed by atoms with van der Waals surface area (Å²) in [6.07, 6.45) is 6.44. The van der Waals surface area contributed by atoms with E-state index in [-0.39, 0.29) is 73.2 Å². The van der Waals surface area contributed by atoms with Crippen LogP contribution in [0.1, 0.15) is 151 Å². The summed E-state index contributed by atoms with van der Waals surface area (Å²) in [6, 6.07) is 32.2. The average molecular weight is 1880 g/mol. The number of sulfone groups is 3. The highest BCUT2D eigenvalue weighted by molar-refractivity contribution is 7.92. The first kappa shape index (κ1) is 93.8. The number of carbonyl (C=O) groups excluding carboxylic acids is 1. The molecule has 0 unspecified atom stereocenters. The van der Waals surface area contributed by atoms with Crippen molar-refractivity contribution < 1.29 is 53.7 Å². The highest BCUT2D eigenvalue weighted by Gasteiger charge is 2.35. The Balaban J connectivity index is 0.000000151. The second-order valence-electron chi connectivity index (χ2n) is 34.2. The van der Waals surface area contributed by atoms with Crippen molar-refractivity contribution in [1.82, 2.24) is 75.2 Å². The Labute approximate surface area is 772 Å². The number of hydrogen-bond acceptors (Lipinski definition) is 30. The minimum atomic E-state index is -3.57. The summed E-state index contributed by atoms with van der Waals surface area (Å²) in [5, 5.41) is 41.2. The minimum Gasteiger partial charge on any atom is -0.489 e. The van der Waals surface area contributed by atoms with E-state index in [0.717, 1.165) is 151 Å². The summed E-state index contributed by atoms with van der Waals surface area (Å²) in [5.41, 5.74) is 18.5. The number of benzene rings is 6. The monoisotopic (exact) mass is 1880 g/mol. The second-order valence-corrected chi connectivity index (χ2v) is 42.5. The number of halogens is 2. The van der Waals surface area contributed by atoms with E-state index in [2.05, 4.69) is 117 Å². The lowest BCUT2D eigenvalue weighted by molar-refractivity contribution is 0.0335. The van der Waals surface area contributed by atoms with Crippen molar-refractivity contribution in [2.75, 3.05) is 98.0 Å². The molecule has 6 aromatic heterocycles. The van der Waals surface area contributed by atoms with Crippen molar-refractivity contribution >= 4 is 128 Å². The number of morpholine rings is 1.